The number of ketones is 1. The summed E-state index contributed by atoms with van der Waals surface area (Å²) in [5, 5.41) is 0. The number of hydrogen-bond acceptors (Lipinski definition) is 1. The maximum atomic E-state index is 11.2. The number of rotatable bonds is 1. The van der Waals surface area contributed by atoms with Gasteiger partial charge in [0, 0.05) is 12.8 Å². The summed E-state index contributed by atoms with van der Waals surface area (Å²) in [5.41, 5.74) is 0.625. The summed E-state index contributed by atoms with van der Waals surface area (Å²) in [7, 11) is 0. The van der Waals surface area contributed by atoms with E-state index in [2.05, 4.69) is 13.8 Å². The highest BCUT2D eigenvalue weighted by Crippen LogP contribution is 2.57. The van der Waals surface area contributed by atoms with Crippen LogP contribution in [0.5, 0.6) is 0 Å². The van der Waals surface area contributed by atoms with E-state index in [0.717, 1.165) is 25.2 Å². The molecule has 0 bridgehead atoms. The summed E-state index contributed by atoms with van der Waals surface area (Å²) < 4.78 is 0. The standard InChI is InChI=1S/C11H18O/c1-8-7-9(12)3-4-10(8)11(2)5-6-11/h8,10H,3-7H2,1-2H3/t8-,10-/m1/s1. The van der Waals surface area contributed by atoms with Gasteiger partial charge in [-0.3, -0.25) is 4.79 Å². The molecule has 1 nitrogen and oxygen atoms in total. The quantitative estimate of drug-likeness (QED) is 0.585. The highest BCUT2D eigenvalue weighted by Gasteiger charge is 2.47. The van der Waals surface area contributed by atoms with Crippen LogP contribution in [-0.4, -0.2) is 5.78 Å². The highest BCUT2D eigenvalue weighted by atomic mass is 16.1. The third kappa shape index (κ3) is 1.30. The van der Waals surface area contributed by atoms with Gasteiger partial charge in [-0.05, 0) is 36.5 Å². The number of carbonyl (C=O) groups excluding carboxylic acids is 1. The Morgan fingerprint density at radius 2 is 2.08 bits per heavy atom. The van der Waals surface area contributed by atoms with Crippen molar-refractivity contribution in [3.05, 3.63) is 0 Å². The summed E-state index contributed by atoms with van der Waals surface area (Å²) in [5.74, 6) is 1.98. The second-order valence-electron chi connectivity index (χ2n) is 5.02. The minimum absolute atomic E-state index is 0.489. The first kappa shape index (κ1) is 8.28. The molecule has 0 aromatic rings. The van der Waals surface area contributed by atoms with Crippen molar-refractivity contribution in [2.24, 2.45) is 17.3 Å². The monoisotopic (exact) mass is 166 g/mol. The van der Waals surface area contributed by atoms with Gasteiger partial charge in [0.05, 0.1) is 0 Å². The summed E-state index contributed by atoms with van der Waals surface area (Å²) in [6.07, 6.45) is 5.66. The van der Waals surface area contributed by atoms with Crippen LogP contribution in [0.15, 0.2) is 0 Å². The molecular weight excluding hydrogens is 148 g/mol. The zero-order chi connectivity index (χ0) is 8.77. The van der Waals surface area contributed by atoms with Gasteiger partial charge in [-0.2, -0.15) is 0 Å². The minimum Gasteiger partial charge on any atom is -0.300 e. The van der Waals surface area contributed by atoms with Gasteiger partial charge >= 0.3 is 0 Å². The fraction of sp³-hybridized carbons (Fsp3) is 0.909. The first-order valence-corrected chi connectivity index (χ1v) is 5.13. The molecule has 0 heterocycles. The molecule has 2 atom stereocenters. The Kier molecular flexibility index (Phi) is 1.78. The lowest BCUT2D eigenvalue weighted by Crippen LogP contribution is -2.28. The number of hydrogen-bond donors (Lipinski definition) is 0. The molecular formula is C11H18O. The zero-order valence-corrected chi connectivity index (χ0v) is 8.10. The van der Waals surface area contributed by atoms with Crippen molar-refractivity contribution >= 4 is 5.78 Å². The maximum Gasteiger partial charge on any atom is 0.133 e. The van der Waals surface area contributed by atoms with Crippen LogP contribution < -0.4 is 0 Å². The predicted molar refractivity (Wildman–Crippen MR) is 48.9 cm³/mol. The van der Waals surface area contributed by atoms with Crippen LogP contribution in [0.25, 0.3) is 0 Å². The molecule has 68 valence electrons. The van der Waals surface area contributed by atoms with Crippen LogP contribution in [0, 0.1) is 17.3 Å². The number of carbonyl (C=O) groups is 1. The largest absolute Gasteiger partial charge is 0.300 e. The maximum absolute atomic E-state index is 11.2. The van der Waals surface area contributed by atoms with E-state index in [1.165, 1.54) is 12.8 Å². The molecule has 0 aliphatic heterocycles. The Bertz CT molecular complexity index is 203. The fourth-order valence-corrected chi connectivity index (χ4v) is 2.81. The molecule has 2 rings (SSSR count). The summed E-state index contributed by atoms with van der Waals surface area (Å²) in [4.78, 5) is 11.2. The lowest BCUT2D eigenvalue weighted by molar-refractivity contribution is -0.123. The van der Waals surface area contributed by atoms with Crippen molar-refractivity contribution in [3.63, 3.8) is 0 Å². The smallest absolute Gasteiger partial charge is 0.133 e. The third-order valence-electron chi connectivity index (χ3n) is 3.90. The second kappa shape index (κ2) is 2.58. The summed E-state index contributed by atoms with van der Waals surface area (Å²) in [6.45, 7) is 4.65. The van der Waals surface area contributed by atoms with E-state index in [4.69, 9.17) is 0 Å². The van der Waals surface area contributed by atoms with E-state index >= 15 is 0 Å². The average Bonchev–Trinajstić information content (AvgIpc) is 2.68. The van der Waals surface area contributed by atoms with Gasteiger partial charge in [0.1, 0.15) is 5.78 Å². The SMILES string of the molecule is C[C@@H]1CC(=O)CC[C@H]1C1(C)CC1. The molecule has 2 aliphatic carbocycles. The normalized spacial score (nSPS) is 39.7. The van der Waals surface area contributed by atoms with Gasteiger partial charge in [-0.1, -0.05) is 13.8 Å². The minimum atomic E-state index is 0.489. The van der Waals surface area contributed by atoms with E-state index in [1.54, 1.807) is 0 Å². The third-order valence-corrected chi connectivity index (χ3v) is 3.90. The van der Waals surface area contributed by atoms with Crippen LogP contribution in [0.2, 0.25) is 0 Å². The Hall–Kier alpha value is -0.330. The van der Waals surface area contributed by atoms with E-state index in [1.807, 2.05) is 0 Å². The highest BCUT2D eigenvalue weighted by molar-refractivity contribution is 5.79. The van der Waals surface area contributed by atoms with E-state index < -0.39 is 0 Å². The van der Waals surface area contributed by atoms with Crippen LogP contribution in [-0.2, 0) is 4.79 Å². The lowest BCUT2D eigenvalue weighted by atomic mass is 9.72. The van der Waals surface area contributed by atoms with Crippen molar-refractivity contribution in [1.82, 2.24) is 0 Å². The first-order valence-electron chi connectivity index (χ1n) is 5.13. The van der Waals surface area contributed by atoms with Gasteiger partial charge in [0.15, 0.2) is 0 Å². The molecule has 2 aliphatic rings. The topological polar surface area (TPSA) is 17.1 Å². The zero-order valence-electron chi connectivity index (χ0n) is 8.10. The molecule has 0 amide bonds. The number of Topliss-reactive ketones (excluding diaryl/α,β-unsaturated/α-hetero) is 1. The van der Waals surface area contributed by atoms with Gasteiger partial charge in [-0.15, -0.1) is 0 Å². The Morgan fingerprint density at radius 1 is 1.42 bits per heavy atom. The molecule has 12 heavy (non-hydrogen) atoms. The molecule has 0 aromatic carbocycles. The first-order chi connectivity index (χ1) is 5.62. The Morgan fingerprint density at radius 3 is 2.58 bits per heavy atom. The summed E-state index contributed by atoms with van der Waals surface area (Å²) >= 11 is 0. The van der Waals surface area contributed by atoms with E-state index in [9.17, 15) is 4.79 Å². The van der Waals surface area contributed by atoms with Gasteiger partial charge < -0.3 is 0 Å². The molecule has 0 spiro atoms. The summed E-state index contributed by atoms with van der Waals surface area (Å²) in [6, 6.07) is 0. The van der Waals surface area contributed by atoms with Gasteiger partial charge in [-0.25, -0.2) is 0 Å². The second-order valence-corrected chi connectivity index (χ2v) is 5.02. The van der Waals surface area contributed by atoms with Crippen molar-refractivity contribution in [2.45, 2.75) is 46.0 Å². The molecule has 0 radical (unpaired) electrons. The van der Waals surface area contributed by atoms with E-state index in [0.29, 0.717) is 17.1 Å². The van der Waals surface area contributed by atoms with Crippen LogP contribution >= 0.6 is 0 Å². The van der Waals surface area contributed by atoms with Crippen LogP contribution in [0.1, 0.15) is 46.0 Å². The average molecular weight is 166 g/mol. The Labute approximate surface area is 74.5 Å². The molecule has 1 heteroatoms. The van der Waals surface area contributed by atoms with Crippen molar-refractivity contribution in [1.29, 1.82) is 0 Å². The predicted octanol–water partition coefficient (Wildman–Crippen LogP) is 2.79. The van der Waals surface area contributed by atoms with Crippen molar-refractivity contribution in [3.8, 4) is 0 Å². The fourth-order valence-electron chi connectivity index (χ4n) is 2.81. The molecule has 2 saturated carbocycles. The molecule has 0 saturated heterocycles. The van der Waals surface area contributed by atoms with Crippen LogP contribution in [0.4, 0.5) is 0 Å². The van der Waals surface area contributed by atoms with Gasteiger partial charge in [0.25, 0.3) is 0 Å². The molecule has 0 N–H and O–H groups in total. The van der Waals surface area contributed by atoms with Gasteiger partial charge in [0.2, 0.25) is 0 Å². The van der Waals surface area contributed by atoms with Crippen LogP contribution in [0.3, 0.4) is 0 Å². The van der Waals surface area contributed by atoms with E-state index in [-0.39, 0.29) is 0 Å². The van der Waals surface area contributed by atoms with Crippen molar-refractivity contribution < 1.29 is 4.79 Å². The van der Waals surface area contributed by atoms with Crippen molar-refractivity contribution in [2.75, 3.05) is 0 Å². The molecule has 0 aromatic heterocycles. The molecule has 2 fully saturated rings. The lowest BCUT2D eigenvalue weighted by Gasteiger charge is -2.33. The molecule has 0 unspecified atom stereocenters. The Balaban J connectivity index is 2.02.